The van der Waals surface area contributed by atoms with Gasteiger partial charge in [-0.2, -0.15) is 0 Å². The minimum Gasteiger partial charge on any atom is -0.375 e. The highest BCUT2D eigenvalue weighted by Gasteiger charge is 2.41. The zero-order chi connectivity index (χ0) is 15.1. The van der Waals surface area contributed by atoms with Gasteiger partial charge >= 0.3 is 0 Å². The molecule has 1 saturated carbocycles. The van der Waals surface area contributed by atoms with Crippen LogP contribution in [0.5, 0.6) is 0 Å². The average Bonchev–Trinajstić information content (AvgIpc) is 2.96. The van der Waals surface area contributed by atoms with Gasteiger partial charge in [0.25, 0.3) is 0 Å². The highest BCUT2D eigenvalue weighted by atomic mass is 79.9. The molecule has 118 valence electrons. The maximum Gasteiger partial charge on any atom is 0.100 e. The van der Waals surface area contributed by atoms with Crippen molar-refractivity contribution in [1.29, 1.82) is 0 Å². The van der Waals surface area contributed by atoms with E-state index in [1.807, 2.05) is 0 Å². The molecular weight excluding hydrogens is 350 g/mol. The van der Waals surface area contributed by atoms with Gasteiger partial charge in [-0.1, -0.05) is 40.9 Å². The van der Waals surface area contributed by atoms with Gasteiger partial charge in [-0.15, -0.1) is 0 Å². The quantitative estimate of drug-likeness (QED) is 0.514. The number of ether oxygens (including phenoxy) is 1. The van der Waals surface area contributed by atoms with E-state index in [0.29, 0.717) is 0 Å². The van der Waals surface area contributed by atoms with Crippen molar-refractivity contribution in [3.05, 3.63) is 34.3 Å². The molecule has 2 rings (SSSR count). The SMILES string of the molecule is COC(c1ccc(Br)cc1)C1(NCCCSO)CCCC1. The third kappa shape index (κ3) is 4.45. The molecule has 0 heterocycles. The van der Waals surface area contributed by atoms with Crippen molar-refractivity contribution in [3.63, 3.8) is 0 Å². The lowest BCUT2D eigenvalue weighted by molar-refractivity contribution is 0.0171. The van der Waals surface area contributed by atoms with E-state index in [0.717, 1.165) is 48.1 Å². The first-order valence-corrected chi connectivity index (χ1v) is 9.25. The predicted octanol–water partition coefficient (Wildman–Crippen LogP) is 4.64. The summed E-state index contributed by atoms with van der Waals surface area (Å²) in [6.45, 7) is 0.921. The molecule has 1 aromatic carbocycles. The van der Waals surface area contributed by atoms with Gasteiger partial charge in [0.15, 0.2) is 0 Å². The van der Waals surface area contributed by atoms with Crippen LogP contribution < -0.4 is 5.32 Å². The zero-order valence-electron chi connectivity index (χ0n) is 12.5. The van der Waals surface area contributed by atoms with Crippen molar-refractivity contribution in [2.24, 2.45) is 0 Å². The van der Waals surface area contributed by atoms with Crippen molar-refractivity contribution in [1.82, 2.24) is 5.32 Å². The first-order chi connectivity index (χ1) is 10.2. The van der Waals surface area contributed by atoms with Gasteiger partial charge in [-0.25, -0.2) is 0 Å². The minimum atomic E-state index is 0.0305. The van der Waals surface area contributed by atoms with E-state index >= 15 is 0 Å². The standard InChI is InChI=1S/C16H24BrNO2S/c1-20-15(13-5-7-14(17)8-6-13)16(9-2-3-10-16)18-11-4-12-21-19/h5-8,15,18-19H,2-4,9-12H2,1H3. The molecule has 0 bridgehead atoms. The number of hydrogen-bond donors (Lipinski definition) is 2. The van der Waals surface area contributed by atoms with Gasteiger partial charge < -0.3 is 14.6 Å². The summed E-state index contributed by atoms with van der Waals surface area (Å²) in [5.74, 6) is 0.777. The summed E-state index contributed by atoms with van der Waals surface area (Å²) >= 11 is 4.41. The van der Waals surface area contributed by atoms with Crippen molar-refractivity contribution < 1.29 is 9.29 Å². The lowest BCUT2D eigenvalue weighted by atomic mass is 9.85. The molecule has 0 spiro atoms. The van der Waals surface area contributed by atoms with Crippen LogP contribution in [0.15, 0.2) is 28.7 Å². The summed E-state index contributed by atoms with van der Waals surface area (Å²) in [7, 11) is 1.80. The Kier molecular flexibility index (Phi) is 7.02. The molecule has 1 aromatic rings. The van der Waals surface area contributed by atoms with Crippen LogP contribution in [0.25, 0.3) is 0 Å². The van der Waals surface area contributed by atoms with E-state index in [4.69, 9.17) is 9.29 Å². The molecule has 1 unspecified atom stereocenters. The maximum absolute atomic E-state index is 8.84. The highest BCUT2D eigenvalue weighted by molar-refractivity contribution is 9.10. The van der Waals surface area contributed by atoms with E-state index in [9.17, 15) is 0 Å². The van der Waals surface area contributed by atoms with Crippen LogP contribution in [0.3, 0.4) is 0 Å². The Labute approximate surface area is 140 Å². The third-order valence-corrected chi connectivity index (χ3v) is 5.30. The van der Waals surface area contributed by atoms with Crippen molar-refractivity contribution in [2.45, 2.75) is 43.7 Å². The van der Waals surface area contributed by atoms with E-state index in [1.54, 1.807) is 7.11 Å². The average molecular weight is 374 g/mol. The van der Waals surface area contributed by atoms with Gasteiger partial charge in [0, 0.05) is 22.9 Å². The van der Waals surface area contributed by atoms with E-state index in [2.05, 4.69) is 45.5 Å². The number of hydrogen-bond acceptors (Lipinski definition) is 4. The summed E-state index contributed by atoms with van der Waals surface area (Å²) in [5.41, 5.74) is 1.26. The Morgan fingerprint density at radius 3 is 2.57 bits per heavy atom. The molecular formula is C16H24BrNO2S. The van der Waals surface area contributed by atoms with Gasteiger partial charge in [0.2, 0.25) is 0 Å². The summed E-state index contributed by atoms with van der Waals surface area (Å²) in [6, 6.07) is 8.44. The second-order valence-electron chi connectivity index (χ2n) is 5.64. The Morgan fingerprint density at radius 2 is 2.00 bits per heavy atom. The van der Waals surface area contributed by atoms with Crippen LogP contribution in [0.2, 0.25) is 0 Å². The smallest absolute Gasteiger partial charge is 0.100 e. The first-order valence-electron chi connectivity index (χ1n) is 7.51. The summed E-state index contributed by atoms with van der Waals surface area (Å²) in [5, 5.41) is 3.73. The summed E-state index contributed by atoms with van der Waals surface area (Å²) < 4.78 is 15.8. The highest BCUT2D eigenvalue weighted by Crippen LogP contribution is 2.42. The fourth-order valence-corrected chi connectivity index (χ4v) is 3.87. The molecule has 0 aliphatic heterocycles. The number of rotatable bonds is 8. The topological polar surface area (TPSA) is 41.5 Å². The van der Waals surface area contributed by atoms with Gasteiger partial charge in [0.05, 0.1) is 0 Å². The van der Waals surface area contributed by atoms with Gasteiger partial charge in [0.1, 0.15) is 6.10 Å². The number of nitrogens with one attached hydrogen (secondary N) is 1. The number of methoxy groups -OCH3 is 1. The largest absolute Gasteiger partial charge is 0.375 e. The van der Waals surface area contributed by atoms with Crippen molar-refractivity contribution in [2.75, 3.05) is 19.4 Å². The molecule has 1 aliphatic rings. The molecule has 1 atom stereocenters. The Hall–Kier alpha value is -0.0700. The Bertz CT molecular complexity index is 421. The summed E-state index contributed by atoms with van der Waals surface area (Å²) in [4.78, 5) is 0. The Morgan fingerprint density at radius 1 is 1.33 bits per heavy atom. The van der Waals surface area contributed by atoms with Crippen LogP contribution >= 0.6 is 28.0 Å². The molecule has 1 fully saturated rings. The molecule has 3 nitrogen and oxygen atoms in total. The lowest BCUT2D eigenvalue weighted by Gasteiger charge is -2.38. The van der Waals surface area contributed by atoms with Crippen LogP contribution in [-0.2, 0) is 4.74 Å². The minimum absolute atomic E-state index is 0.0305. The lowest BCUT2D eigenvalue weighted by Crippen LogP contribution is -2.49. The fourth-order valence-electron chi connectivity index (χ4n) is 3.33. The number of benzene rings is 1. The number of halogens is 1. The van der Waals surface area contributed by atoms with E-state index < -0.39 is 0 Å². The van der Waals surface area contributed by atoms with Gasteiger partial charge in [-0.3, -0.25) is 0 Å². The first kappa shape index (κ1) is 17.3. The van der Waals surface area contributed by atoms with Crippen LogP contribution in [0.4, 0.5) is 0 Å². The summed E-state index contributed by atoms with van der Waals surface area (Å²) in [6.07, 6.45) is 5.84. The molecule has 0 aromatic heterocycles. The molecule has 5 heteroatoms. The van der Waals surface area contributed by atoms with E-state index in [1.165, 1.54) is 18.4 Å². The fraction of sp³-hybridized carbons (Fsp3) is 0.625. The molecule has 0 amide bonds. The van der Waals surface area contributed by atoms with Crippen molar-refractivity contribution >= 4 is 28.0 Å². The molecule has 0 radical (unpaired) electrons. The Balaban J connectivity index is 2.12. The third-order valence-electron chi connectivity index (χ3n) is 4.30. The normalized spacial score (nSPS) is 18.8. The van der Waals surface area contributed by atoms with Crippen molar-refractivity contribution in [3.8, 4) is 0 Å². The molecule has 1 aliphatic carbocycles. The van der Waals surface area contributed by atoms with Crippen LogP contribution in [0, 0.1) is 0 Å². The van der Waals surface area contributed by atoms with Gasteiger partial charge in [-0.05, 0) is 55.5 Å². The van der Waals surface area contributed by atoms with Crippen LogP contribution in [0.1, 0.15) is 43.8 Å². The second-order valence-corrected chi connectivity index (χ2v) is 7.23. The molecule has 0 saturated heterocycles. The molecule has 2 N–H and O–H groups in total. The predicted molar refractivity (Wildman–Crippen MR) is 92.8 cm³/mol. The second kappa shape index (κ2) is 8.53. The maximum atomic E-state index is 8.84. The monoisotopic (exact) mass is 373 g/mol. The zero-order valence-corrected chi connectivity index (χ0v) is 14.9. The van der Waals surface area contributed by atoms with E-state index in [-0.39, 0.29) is 11.6 Å². The molecule has 21 heavy (non-hydrogen) atoms. The van der Waals surface area contributed by atoms with Crippen LogP contribution in [-0.4, -0.2) is 29.5 Å².